The predicted octanol–water partition coefficient (Wildman–Crippen LogP) is 3.19. The van der Waals surface area contributed by atoms with Crippen molar-refractivity contribution >= 4 is 5.69 Å². The molecule has 0 amide bonds. The van der Waals surface area contributed by atoms with Crippen LogP contribution in [0.5, 0.6) is 0 Å². The molecule has 1 aromatic rings. The van der Waals surface area contributed by atoms with Gasteiger partial charge >= 0.3 is 0 Å². The molecule has 0 heterocycles. The number of rotatable bonds is 5. The summed E-state index contributed by atoms with van der Waals surface area (Å²) in [4.78, 5) is 0. The predicted molar refractivity (Wildman–Crippen MR) is 60.6 cm³/mol. The van der Waals surface area contributed by atoms with Crippen molar-refractivity contribution in [2.24, 2.45) is 0 Å². The third-order valence-electron chi connectivity index (χ3n) is 2.53. The highest BCUT2D eigenvalue weighted by atomic mass is 19.1. The minimum Gasteiger partial charge on any atom is -0.383 e. The standard InChI is InChI=1S/C12H17F2NO/c1-12(2,16-3)6-7-15-11-5-4-9(13)8-10(11)14/h4-5,8,15H,6-7H2,1-3H3. The van der Waals surface area contributed by atoms with Crippen molar-refractivity contribution < 1.29 is 13.5 Å². The molecule has 0 aliphatic heterocycles. The lowest BCUT2D eigenvalue weighted by Gasteiger charge is -2.23. The number of halogens is 2. The summed E-state index contributed by atoms with van der Waals surface area (Å²) in [5.41, 5.74) is 0.0667. The van der Waals surface area contributed by atoms with Gasteiger partial charge in [-0.2, -0.15) is 0 Å². The van der Waals surface area contributed by atoms with Crippen LogP contribution in [0.4, 0.5) is 14.5 Å². The Hall–Kier alpha value is -1.16. The van der Waals surface area contributed by atoms with Crippen LogP contribution in [0.1, 0.15) is 20.3 Å². The first-order valence-electron chi connectivity index (χ1n) is 5.19. The van der Waals surface area contributed by atoms with E-state index >= 15 is 0 Å². The van der Waals surface area contributed by atoms with Crippen molar-refractivity contribution in [1.82, 2.24) is 0 Å². The van der Waals surface area contributed by atoms with Crippen LogP contribution >= 0.6 is 0 Å². The molecule has 0 atom stereocenters. The van der Waals surface area contributed by atoms with Crippen LogP contribution in [0.15, 0.2) is 18.2 Å². The maximum Gasteiger partial charge on any atom is 0.149 e. The molecule has 16 heavy (non-hydrogen) atoms. The molecular weight excluding hydrogens is 212 g/mol. The first-order valence-corrected chi connectivity index (χ1v) is 5.19. The van der Waals surface area contributed by atoms with Crippen molar-refractivity contribution in [3.05, 3.63) is 29.8 Å². The maximum atomic E-state index is 13.2. The van der Waals surface area contributed by atoms with Gasteiger partial charge in [0.2, 0.25) is 0 Å². The van der Waals surface area contributed by atoms with Crippen LogP contribution in [-0.2, 0) is 4.74 Å². The molecule has 1 rings (SSSR count). The summed E-state index contributed by atoms with van der Waals surface area (Å²) in [5.74, 6) is -1.14. The van der Waals surface area contributed by atoms with Gasteiger partial charge in [0.25, 0.3) is 0 Å². The van der Waals surface area contributed by atoms with Gasteiger partial charge in [0.05, 0.1) is 11.3 Å². The molecule has 1 N–H and O–H groups in total. The minimum absolute atomic E-state index is 0.247. The van der Waals surface area contributed by atoms with E-state index < -0.39 is 11.6 Å². The third-order valence-corrected chi connectivity index (χ3v) is 2.53. The summed E-state index contributed by atoms with van der Waals surface area (Å²) in [6.07, 6.45) is 0.736. The lowest BCUT2D eigenvalue weighted by Crippen LogP contribution is -2.25. The molecule has 90 valence electrons. The van der Waals surface area contributed by atoms with Gasteiger partial charge in [-0.1, -0.05) is 0 Å². The number of hydrogen-bond donors (Lipinski definition) is 1. The van der Waals surface area contributed by atoms with E-state index in [1.54, 1.807) is 7.11 Å². The van der Waals surface area contributed by atoms with E-state index in [2.05, 4.69) is 5.32 Å². The molecule has 0 radical (unpaired) electrons. The normalized spacial score (nSPS) is 11.6. The Labute approximate surface area is 94.6 Å². The van der Waals surface area contributed by atoms with E-state index in [1.165, 1.54) is 12.1 Å². The average Bonchev–Trinajstić information content (AvgIpc) is 2.21. The van der Waals surface area contributed by atoms with Crippen molar-refractivity contribution in [2.45, 2.75) is 25.9 Å². The molecule has 0 aliphatic carbocycles. The molecule has 4 heteroatoms. The molecule has 0 unspecified atom stereocenters. The van der Waals surface area contributed by atoms with E-state index in [-0.39, 0.29) is 5.60 Å². The summed E-state index contributed by atoms with van der Waals surface area (Å²) in [7, 11) is 1.64. The average molecular weight is 229 g/mol. The summed E-state index contributed by atoms with van der Waals surface area (Å²) >= 11 is 0. The molecule has 0 spiro atoms. The third kappa shape index (κ3) is 3.77. The summed E-state index contributed by atoms with van der Waals surface area (Å²) in [6, 6.07) is 3.49. The fourth-order valence-corrected chi connectivity index (χ4v) is 1.23. The highest BCUT2D eigenvalue weighted by molar-refractivity contribution is 5.44. The van der Waals surface area contributed by atoms with E-state index in [9.17, 15) is 8.78 Å². The maximum absolute atomic E-state index is 13.2. The molecule has 2 nitrogen and oxygen atoms in total. The van der Waals surface area contributed by atoms with Crippen molar-refractivity contribution in [3.63, 3.8) is 0 Å². The van der Waals surface area contributed by atoms with E-state index in [0.29, 0.717) is 12.2 Å². The Morgan fingerprint density at radius 2 is 2.00 bits per heavy atom. The van der Waals surface area contributed by atoms with Gasteiger partial charge < -0.3 is 10.1 Å². The zero-order chi connectivity index (χ0) is 12.2. The number of ether oxygens (including phenoxy) is 1. The van der Waals surface area contributed by atoms with Crippen LogP contribution in [0.2, 0.25) is 0 Å². The van der Waals surface area contributed by atoms with Gasteiger partial charge in [0.1, 0.15) is 11.6 Å². The summed E-state index contributed by atoms with van der Waals surface area (Å²) in [5, 5.41) is 2.91. The van der Waals surface area contributed by atoms with Gasteiger partial charge in [-0.3, -0.25) is 0 Å². The Morgan fingerprint density at radius 3 is 2.56 bits per heavy atom. The fourth-order valence-electron chi connectivity index (χ4n) is 1.23. The monoisotopic (exact) mass is 229 g/mol. The van der Waals surface area contributed by atoms with Crippen molar-refractivity contribution in [2.75, 3.05) is 19.0 Å². The number of nitrogens with one attached hydrogen (secondary N) is 1. The number of benzene rings is 1. The van der Waals surface area contributed by atoms with Gasteiger partial charge in [0, 0.05) is 19.7 Å². The molecule has 0 bridgehead atoms. The Balaban J connectivity index is 2.49. The molecule has 0 aliphatic rings. The molecule has 1 aromatic carbocycles. The second kappa shape index (κ2) is 5.25. The van der Waals surface area contributed by atoms with Crippen LogP contribution in [0.25, 0.3) is 0 Å². The smallest absolute Gasteiger partial charge is 0.149 e. The van der Waals surface area contributed by atoms with Crippen molar-refractivity contribution in [3.8, 4) is 0 Å². The van der Waals surface area contributed by atoms with Gasteiger partial charge in [-0.25, -0.2) is 8.78 Å². The Bertz CT molecular complexity index is 353. The molecule has 0 aromatic heterocycles. The van der Waals surface area contributed by atoms with Gasteiger partial charge in [-0.15, -0.1) is 0 Å². The van der Waals surface area contributed by atoms with E-state index in [4.69, 9.17) is 4.74 Å². The summed E-state index contributed by atoms with van der Waals surface area (Å²) < 4.78 is 31.1. The second-order valence-corrected chi connectivity index (χ2v) is 4.26. The Morgan fingerprint density at radius 1 is 1.31 bits per heavy atom. The SMILES string of the molecule is COC(C)(C)CCNc1ccc(F)cc1F. The molecule has 0 saturated carbocycles. The largest absolute Gasteiger partial charge is 0.383 e. The van der Waals surface area contributed by atoms with Gasteiger partial charge in [0.15, 0.2) is 0 Å². The number of anilines is 1. The number of methoxy groups -OCH3 is 1. The molecular formula is C12H17F2NO. The quantitative estimate of drug-likeness (QED) is 0.837. The van der Waals surface area contributed by atoms with E-state index in [0.717, 1.165) is 12.5 Å². The highest BCUT2D eigenvalue weighted by Gasteiger charge is 2.15. The highest BCUT2D eigenvalue weighted by Crippen LogP contribution is 2.17. The first-order chi connectivity index (χ1) is 7.44. The van der Waals surface area contributed by atoms with Crippen molar-refractivity contribution in [1.29, 1.82) is 0 Å². The molecule has 0 saturated heterocycles. The lowest BCUT2D eigenvalue weighted by atomic mass is 10.1. The second-order valence-electron chi connectivity index (χ2n) is 4.26. The first kappa shape index (κ1) is 12.9. The minimum atomic E-state index is -0.574. The zero-order valence-electron chi connectivity index (χ0n) is 9.81. The fraction of sp³-hybridized carbons (Fsp3) is 0.500. The van der Waals surface area contributed by atoms with Crippen LogP contribution in [0, 0.1) is 11.6 Å². The lowest BCUT2D eigenvalue weighted by molar-refractivity contribution is 0.0184. The van der Waals surface area contributed by atoms with Crippen LogP contribution in [0.3, 0.4) is 0 Å². The topological polar surface area (TPSA) is 21.3 Å². The number of hydrogen-bond acceptors (Lipinski definition) is 2. The van der Waals surface area contributed by atoms with Crippen LogP contribution in [-0.4, -0.2) is 19.3 Å². The zero-order valence-corrected chi connectivity index (χ0v) is 9.81. The summed E-state index contributed by atoms with van der Waals surface area (Å²) in [6.45, 7) is 4.48. The van der Waals surface area contributed by atoms with Crippen LogP contribution < -0.4 is 5.32 Å². The van der Waals surface area contributed by atoms with E-state index in [1.807, 2.05) is 13.8 Å². The van der Waals surface area contributed by atoms with Gasteiger partial charge in [-0.05, 0) is 32.4 Å². The molecule has 0 fully saturated rings. The Kier molecular flexibility index (Phi) is 4.24.